The zero-order valence-electron chi connectivity index (χ0n) is 14.6. The SMILES string of the molecule is CC1(O)CCc2nc3cc(C#Cc4ccccn4)ccc3c(=O)n2CC1. The van der Waals surface area contributed by atoms with E-state index in [0.29, 0.717) is 42.4 Å². The van der Waals surface area contributed by atoms with Crippen LogP contribution in [0, 0.1) is 11.8 Å². The monoisotopic (exact) mass is 345 g/mol. The first kappa shape index (κ1) is 16.5. The molecule has 4 rings (SSSR count). The summed E-state index contributed by atoms with van der Waals surface area (Å²) in [7, 11) is 0. The van der Waals surface area contributed by atoms with Crippen molar-refractivity contribution in [2.75, 3.05) is 0 Å². The van der Waals surface area contributed by atoms with Crippen LogP contribution in [0.5, 0.6) is 0 Å². The van der Waals surface area contributed by atoms with Gasteiger partial charge in [-0.25, -0.2) is 9.97 Å². The fourth-order valence-electron chi connectivity index (χ4n) is 3.20. The van der Waals surface area contributed by atoms with Crippen molar-refractivity contribution >= 4 is 10.9 Å². The number of pyridine rings is 1. The molecule has 0 fully saturated rings. The third-order valence-corrected chi connectivity index (χ3v) is 4.80. The maximum absolute atomic E-state index is 12.8. The van der Waals surface area contributed by atoms with Crippen LogP contribution in [0.1, 0.15) is 36.8 Å². The molecule has 0 radical (unpaired) electrons. The van der Waals surface area contributed by atoms with E-state index in [0.717, 1.165) is 11.4 Å². The van der Waals surface area contributed by atoms with Crippen molar-refractivity contribution in [2.24, 2.45) is 0 Å². The minimum atomic E-state index is -0.758. The van der Waals surface area contributed by atoms with Crippen molar-refractivity contribution < 1.29 is 5.11 Å². The standard InChI is InChI=1S/C21H19N3O2/c1-21(26)10-9-19-23-18-14-15(5-7-16-4-2-3-12-22-16)6-8-17(18)20(25)24(19)13-11-21/h2-4,6,8,12,14,26H,9-11,13H2,1H3. The Morgan fingerprint density at radius 1 is 1.19 bits per heavy atom. The number of rotatable bonds is 0. The van der Waals surface area contributed by atoms with E-state index in [4.69, 9.17) is 0 Å². The molecular weight excluding hydrogens is 326 g/mol. The van der Waals surface area contributed by atoms with Gasteiger partial charge in [0.05, 0.1) is 16.5 Å². The molecular formula is C21H19N3O2. The summed E-state index contributed by atoms with van der Waals surface area (Å²) in [6.45, 7) is 2.31. The van der Waals surface area contributed by atoms with Crippen LogP contribution in [0.15, 0.2) is 47.4 Å². The molecule has 3 heterocycles. The van der Waals surface area contributed by atoms with E-state index in [1.165, 1.54) is 0 Å². The molecule has 0 aliphatic carbocycles. The molecule has 26 heavy (non-hydrogen) atoms. The van der Waals surface area contributed by atoms with Gasteiger partial charge in [0.1, 0.15) is 11.5 Å². The molecule has 5 nitrogen and oxygen atoms in total. The van der Waals surface area contributed by atoms with Gasteiger partial charge < -0.3 is 5.11 Å². The van der Waals surface area contributed by atoms with Gasteiger partial charge in [-0.05, 0) is 56.0 Å². The second kappa shape index (κ2) is 6.40. The summed E-state index contributed by atoms with van der Waals surface area (Å²) in [4.78, 5) is 21.7. The Labute approximate surface area is 151 Å². The van der Waals surface area contributed by atoms with Crippen LogP contribution in [-0.4, -0.2) is 25.2 Å². The highest BCUT2D eigenvalue weighted by molar-refractivity contribution is 5.79. The Balaban J connectivity index is 1.76. The quantitative estimate of drug-likeness (QED) is 0.635. The molecule has 0 saturated heterocycles. The number of benzene rings is 1. The number of aromatic nitrogens is 3. The average molecular weight is 345 g/mol. The lowest BCUT2D eigenvalue weighted by atomic mass is 9.97. The maximum atomic E-state index is 12.8. The number of aliphatic hydroxyl groups is 1. The van der Waals surface area contributed by atoms with Crippen LogP contribution >= 0.6 is 0 Å². The van der Waals surface area contributed by atoms with Crippen molar-refractivity contribution in [2.45, 2.75) is 38.3 Å². The highest BCUT2D eigenvalue weighted by Gasteiger charge is 2.26. The normalized spacial score (nSPS) is 19.3. The Bertz CT molecular complexity index is 1090. The van der Waals surface area contributed by atoms with E-state index in [2.05, 4.69) is 21.8 Å². The Morgan fingerprint density at radius 3 is 2.88 bits per heavy atom. The highest BCUT2D eigenvalue weighted by atomic mass is 16.3. The van der Waals surface area contributed by atoms with E-state index < -0.39 is 5.60 Å². The summed E-state index contributed by atoms with van der Waals surface area (Å²) in [6.07, 6.45) is 3.45. The molecule has 1 N–H and O–H groups in total. The van der Waals surface area contributed by atoms with Crippen molar-refractivity contribution in [3.63, 3.8) is 0 Å². The lowest BCUT2D eigenvalue weighted by Crippen LogP contribution is -2.27. The molecule has 0 bridgehead atoms. The van der Waals surface area contributed by atoms with Crippen molar-refractivity contribution in [3.05, 3.63) is 70.0 Å². The van der Waals surface area contributed by atoms with Gasteiger partial charge in [-0.2, -0.15) is 0 Å². The lowest BCUT2D eigenvalue weighted by Gasteiger charge is -2.19. The van der Waals surface area contributed by atoms with Crippen LogP contribution in [0.3, 0.4) is 0 Å². The first-order valence-electron chi connectivity index (χ1n) is 8.71. The minimum Gasteiger partial charge on any atom is -0.390 e. The molecule has 130 valence electrons. The van der Waals surface area contributed by atoms with Gasteiger partial charge in [-0.3, -0.25) is 9.36 Å². The van der Waals surface area contributed by atoms with E-state index in [9.17, 15) is 9.90 Å². The molecule has 0 amide bonds. The number of nitrogens with zero attached hydrogens (tertiary/aromatic N) is 3. The minimum absolute atomic E-state index is 0.0491. The zero-order valence-corrected chi connectivity index (χ0v) is 14.6. The second-order valence-electron chi connectivity index (χ2n) is 6.93. The number of aryl methyl sites for hydroxylation is 1. The van der Waals surface area contributed by atoms with Crippen molar-refractivity contribution in [1.82, 2.24) is 14.5 Å². The Morgan fingerprint density at radius 2 is 2.08 bits per heavy atom. The number of hydrogen-bond donors (Lipinski definition) is 1. The van der Waals surface area contributed by atoms with Gasteiger partial charge in [-0.1, -0.05) is 12.0 Å². The van der Waals surface area contributed by atoms with E-state index >= 15 is 0 Å². The lowest BCUT2D eigenvalue weighted by molar-refractivity contribution is 0.0426. The van der Waals surface area contributed by atoms with E-state index in [1.54, 1.807) is 16.8 Å². The molecule has 0 spiro atoms. The molecule has 1 atom stereocenters. The van der Waals surface area contributed by atoms with Crippen LogP contribution in [0.2, 0.25) is 0 Å². The van der Waals surface area contributed by atoms with Crippen molar-refractivity contribution in [1.29, 1.82) is 0 Å². The summed E-state index contributed by atoms with van der Waals surface area (Å²) in [6, 6.07) is 11.1. The van der Waals surface area contributed by atoms with E-state index in [-0.39, 0.29) is 5.56 Å². The van der Waals surface area contributed by atoms with Crippen LogP contribution in [0.4, 0.5) is 0 Å². The van der Waals surface area contributed by atoms with E-state index in [1.807, 2.05) is 37.3 Å². The predicted molar refractivity (Wildman–Crippen MR) is 99.8 cm³/mol. The summed E-state index contributed by atoms with van der Waals surface area (Å²) in [5.74, 6) is 6.83. The van der Waals surface area contributed by atoms with Gasteiger partial charge in [-0.15, -0.1) is 0 Å². The molecule has 1 aromatic carbocycles. The topological polar surface area (TPSA) is 68.0 Å². The summed E-state index contributed by atoms with van der Waals surface area (Å²) >= 11 is 0. The van der Waals surface area contributed by atoms with Crippen LogP contribution in [-0.2, 0) is 13.0 Å². The zero-order chi connectivity index (χ0) is 18.1. The van der Waals surface area contributed by atoms with Gasteiger partial charge in [0.2, 0.25) is 0 Å². The second-order valence-corrected chi connectivity index (χ2v) is 6.93. The largest absolute Gasteiger partial charge is 0.390 e. The first-order chi connectivity index (χ1) is 12.5. The van der Waals surface area contributed by atoms with Crippen LogP contribution in [0.25, 0.3) is 10.9 Å². The smallest absolute Gasteiger partial charge is 0.261 e. The molecule has 3 aromatic rings. The highest BCUT2D eigenvalue weighted by Crippen LogP contribution is 2.23. The number of hydrogen-bond acceptors (Lipinski definition) is 4. The van der Waals surface area contributed by atoms with Crippen molar-refractivity contribution in [3.8, 4) is 11.8 Å². The summed E-state index contributed by atoms with van der Waals surface area (Å²) in [5.41, 5.74) is 1.33. The molecule has 0 saturated carbocycles. The third kappa shape index (κ3) is 3.24. The molecule has 5 heteroatoms. The Kier molecular flexibility index (Phi) is 4.06. The maximum Gasteiger partial charge on any atom is 0.261 e. The third-order valence-electron chi connectivity index (χ3n) is 4.80. The van der Waals surface area contributed by atoms with Gasteiger partial charge in [0.25, 0.3) is 5.56 Å². The molecule has 2 aromatic heterocycles. The predicted octanol–water partition coefficient (Wildman–Crippen LogP) is 2.28. The molecule has 1 aliphatic rings. The fraction of sp³-hybridized carbons (Fsp3) is 0.286. The fourth-order valence-corrected chi connectivity index (χ4v) is 3.20. The van der Waals surface area contributed by atoms with Gasteiger partial charge in [0.15, 0.2) is 0 Å². The Hall–Kier alpha value is -2.97. The molecule has 1 unspecified atom stereocenters. The van der Waals surface area contributed by atoms with Gasteiger partial charge >= 0.3 is 0 Å². The summed E-state index contributed by atoms with van der Waals surface area (Å²) in [5, 5.41) is 10.9. The molecule has 1 aliphatic heterocycles. The number of fused-ring (bicyclic) bond motifs is 2. The summed E-state index contributed by atoms with van der Waals surface area (Å²) < 4.78 is 1.70. The average Bonchev–Trinajstić information content (AvgIpc) is 2.79. The van der Waals surface area contributed by atoms with Crippen LogP contribution < -0.4 is 5.56 Å². The van der Waals surface area contributed by atoms with Gasteiger partial charge in [0, 0.05) is 24.7 Å². The first-order valence-corrected chi connectivity index (χ1v) is 8.71.